The van der Waals surface area contributed by atoms with Gasteiger partial charge in [-0.15, -0.1) is 0 Å². The quantitative estimate of drug-likeness (QED) is 0.283. The molecule has 6 fully saturated rings. The molecule has 0 amide bonds. The van der Waals surface area contributed by atoms with Crippen LogP contribution in [0.4, 0.5) is 0 Å². The molecule has 5 saturated carbocycles. The van der Waals surface area contributed by atoms with Gasteiger partial charge in [0, 0.05) is 37.8 Å². The Kier molecular flexibility index (Phi) is 7.79. The van der Waals surface area contributed by atoms with Crippen molar-refractivity contribution in [2.24, 2.45) is 63.6 Å². The maximum absolute atomic E-state index is 11.6. The van der Waals surface area contributed by atoms with Gasteiger partial charge in [-0.3, -0.25) is 9.69 Å². The zero-order valence-electron chi connectivity index (χ0n) is 30.0. The van der Waals surface area contributed by atoms with Crippen LogP contribution in [-0.4, -0.2) is 59.9 Å². The molecule has 2 N–H and O–H groups in total. The van der Waals surface area contributed by atoms with Gasteiger partial charge in [-0.05, 0) is 153 Å². The van der Waals surface area contributed by atoms with Crippen LogP contribution in [0, 0.1) is 63.6 Å². The van der Waals surface area contributed by atoms with Gasteiger partial charge in [0.05, 0.1) is 12.0 Å². The van der Waals surface area contributed by atoms with Crippen molar-refractivity contribution in [1.82, 2.24) is 10.2 Å². The van der Waals surface area contributed by atoms with Gasteiger partial charge in [0.15, 0.2) is 0 Å². The van der Waals surface area contributed by atoms with Crippen LogP contribution in [0.25, 0.3) is 0 Å². The van der Waals surface area contributed by atoms with Crippen molar-refractivity contribution in [1.29, 1.82) is 0 Å². The first kappa shape index (κ1) is 32.1. The van der Waals surface area contributed by atoms with Gasteiger partial charge >= 0.3 is 5.97 Å². The van der Waals surface area contributed by atoms with E-state index < -0.39 is 5.97 Å². The molecule has 0 aromatic carbocycles. The molecule has 8 aliphatic rings. The van der Waals surface area contributed by atoms with Gasteiger partial charge in [0.2, 0.25) is 0 Å². The number of nitrogens with one attached hydrogen (secondary N) is 1. The predicted molar refractivity (Wildman–Crippen MR) is 184 cm³/mol. The molecule has 0 bridgehead atoms. The summed E-state index contributed by atoms with van der Waals surface area (Å²) in [7, 11) is 0. The van der Waals surface area contributed by atoms with Crippen LogP contribution in [0.5, 0.6) is 0 Å². The van der Waals surface area contributed by atoms with E-state index in [2.05, 4.69) is 63.9 Å². The van der Waals surface area contributed by atoms with E-state index in [-0.39, 0.29) is 11.3 Å². The number of rotatable bonds is 8. The zero-order valence-corrected chi connectivity index (χ0v) is 30.0. The molecule has 7 aliphatic carbocycles. The standard InChI is InChI=1S/C41H64N2O3/c1-7-46-27-21-25(2)43(24-27)20-19-42-41-15-8-9-33(41)28-10-11-35-39(5,32(28)13-18-41)17-14-34-38(3,4)31(12-16-40(34,35)6)26-22-29-30(23-26)36(29)37(44)45/h12,22,25,27-30,32-36,42H,7-11,13-21,23-24H2,1-6H3,(H,44,45)/t25?,27?,28?,29?,30?,32?,33-,34?,35?,36?,39+,40?,41?/m1/s1. The predicted octanol–water partition coefficient (Wildman–Crippen LogP) is 8.11. The van der Waals surface area contributed by atoms with Crippen LogP contribution < -0.4 is 5.32 Å². The molecule has 0 radical (unpaired) electrons. The Morgan fingerprint density at radius 3 is 2.57 bits per heavy atom. The molecule has 46 heavy (non-hydrogen) atoms. The smallest absolute Gasteiger partial charge is 0.307 e. The number of allylic oxidation sites excluding steroid dienone is 4. The zero-order chi connectivity index (χ0) is 32.2. The summed E-state index contributed by atoms with van der Waals surface area (Å²) in [4.78, 5) is 14.3. The van der Waals surface area contributed by atoms with E-state index in [1.54, 1.807) is 5.57 Å². The lowest BCUT2D eigenvalue weighted by molar-refractivity contribution is -0.175. The molecule has 1 saturated heterocycles. The highest BCUT2D eigenvalue weighted by atomic mass is 16.5. The van der Waals surface area contributed by atoms with E-state index in [1.807, 2.05) is 0 Å². The van der Waals surface area contributed by atoms with Crippen molar-refractivity contribution in [3.05, 3.63) is 23.3 Å². The molecule has 5 nitrogen and oxygen atoms in total. The Balaban J connectivity index is 0.966. The van der Waals surface area contributed by atoms with E-state index >= 15 is 0 Å². The Morgan fingerprint density at radius 1 is 1.00 bits per heavy atom. The van der Waals surface area contributed by atoms with E-state index in [0.717, 1.165) is 56.3 Å². The van der Waals surface area contributed by atoms with Crippen molar-refractivity contribution in [3.8, 4) is 0 Å². The van der Waals surface area contributed by atoms with Crippen LogP contribution in [-0.2, 0) is 9.53 Å². The van der Waals surface area contributed by atoms with E-state index in [4.69, 9.17) is 4.74 Å². The molecular formula is C41H64N2O3. The number of hydrogen-bond donors (Lipinski definition) is 2. The topological polar surface area (TPSA) is 61.8 Å². The molecular weight excluding hydrogens is 568 g/mol. The second-order valence-electron chi connectivity index (χ2n) is 18.8. The highest BCUT2D eigenvalue weighted by molar-refractivity contribution is 5.76. The van der Waals surface area contributed by atoms with Crippen LogP contribution in [0.3, 0.4) is 0 Å². The summed E-state index contributed by atoms with van der Waals surface area (Å²) in [5.41, 5.74) is 4.46. The minimum absolute atomic E-state index is 0.113. The minimum Gasteiger partial charge on any atom is -0.481 e. The van der Waals surface area contributed by atoms with Crippen molar-refractivity contribution in [2.75, 3.05) is 26.2 Å². The van der Waals surface area contributed by atoms with Crippen molar-refractivity contribution < 1.29 is 14.6 Å². The third-order valence-corrected chi connectivity index (χ3v) is 16.7. The molecule has 0 aromatic rings. The Bertz CT molecular complexity index is 1290. The number of carbonyl (C=O) groups is 1. The number of fused-ring (bicyclic) bond motifs is 8. The molecule has 0 aromatic heterocycles. The average molecular weight is 633 g/mol. The van der Waals surface area contributed by atoms with Crippen molar-refractivity contribution in [2.45, 2.75) is 136 Å². The van der Waals surface area contributed by atoms with Crippen LogP contribution in [0.1, 0.15) is 119 Å². The van der Waals surface area contributed by atoms with E-state index in [1.165, 1.54) is 76.2 Å². The summed E-state index contributed by atoms with van der Waals surface area (Å²) in [5.74, 6) is 4.15. The maximum Gasteiger partial charge on any atom is 0.307 e. The number of likely N-dealkylation sites (tertiary alicyclic amines) is 1. The number of carboxylic acids is 1. The second kappa shape index (κ2) is 11.2. The lowest BCUT2D eigenvalue weighted by Gasteiger charge is -2.68. The highest BCUT2D eigenvalue weighted by Gasteiger charge is 2.66. The summed E-state index contributed by atoms with van der Waals surface area (Å²) >= 11 is 0. The Labute approximate surface area is 279 Å². The number of aliphatic carboxylic acids is 1. The third-order valence-electron chi connectivity index (χ3n) is 16.7. The summed E-state index contributed by atoms with van der Waals surface area (Å²) in [6.45, 7) is 19.3. The first-order valence-electron chi connectivity index (χ1n) is 19.7. The molecule has 5 heteroatoms. The van der Waals surface area contributed by atoms with Gasteiger partial charge in [0.25, 0.3) is 0 Å². The normalized spacial score (nSPS) is 50.5. The van der Waals surface area contributed by atoms with Gasteiger partial charge in [-0.2, -0.15) is 0 Å². The lowest BCUT2D eigenvalue weighted by atomic mass is 9.37. The van der Waals surface area contributed by atoms with E-state index in [0.29, 0.717) is 46.3 Å². The molecule has 1 heterocycles. The monoisotopic (exact) mass is 632 g/mol. The van der Waals surface area contributed by atoms with Crippen LogP contribution >= 0.6 is 0 Å². The van der Waals surface area contributed by atoms with E-state index in [9.17, 15) is 9.90 Å². The Hall–Kier alpha value is -1.17. The van der Waals surface area contributed by atoms with Gasteiger partial charge < -0.3 is 15.2 Å². The molecule has 1 aliphatic heterocycles. The fraction of sp³-hybridized carbons (Fsp3) is 0.878. The summed E-state index contributed by atoms with van der Waals surface area (Å²) in [6, 6.07) is 0.637. The molecule has 0 spiro atoms. The van der Waals surface area contributed by atoms with Crippen LogP contribution in [0.15, 0.2) is 23.3 Å². The second-order valence-corrected chi connectivity index (χ2v) is 18.8. The molecule has 8 rings (SSSR count). The SMILES string of the molecule is CCOC1CC(C)N(CCNC23CCC[C@@H]2C2CCC4C5(C)CC=C(C6=CC7C(C6)C7C(=O)O)C(C)(C)C5CC[C@@]4(C)C2CC3)C1. The maximum atomic E-state index is 11.6. The summed E-state index contributed by atoms with van der Waals surface area (Å²) < 4.78 is 5.99. The Morgan fingerprint density at radius 2 is 1.83 bits per heavy atom. The first-order chi connectivity index (χ1) is 21.9. The summed E-state index contributed by atoms with van der Waals surface area (Å²) in [6.07, 6.45) is 21.6. The minimum atomic E-state index is -0.585. The van der Waals surface area contributed by atoms with Gasteiger partial charge in [-0.25, -0.2) is 0 Å². The number of ether oxygens (including phenoxy) is 1. The fourth-order valence-electron chi connectivity index (χ4n) is 14.8. The third kappa shape index (κ3) is 4.66. The number of hydrogen-bond acceptors (Lipinski definition) is 4. The highest BCUT2D eigenvalue weighted by Crippen LogP contribution is 2.73. The average Bonchev–Trinajstić information content (AvgIpc) is 3.31. The van der Waals surface area contributed by atoms with Crippen LogP contribution in [0.2, 0.25) is 0 Å². The van der Waals surface area contributed by atoms with Crippen molar-refractivity contribution in [3.63, 3.8) is 0 Å². The summed E-state index contributed by atoms with van der Waals surface area (Å²) in [5, 5.41) is 13.9. The van der Waals surface area contributed by atoms with Gasteiger partial charge in [0.1, 0.15) is 0 Å². The number of carboxylic acid groups (broad SMARTS) is 1. The number of nitrogens with zero attached hydrogens (tertiary/aromatic N) is 1. The van der Waals surface area contributed by atoms with Gasteiger partial charge in [-0.1, -0.05) is 46.3 Å². The fourth-order valence-corrected chi connectivity index (χ4v) is 14.8. The molecule has 256 valence electrons. The molecule has 11 unspecified atom stereocenters. The van der Waals surface area contributed by atoms with Crippen molar-refractivity contribution >= 4 is 5.97 Å². The first-order valence-corrected chi connectivity index (χ1v) is 19.7. The molecule has 13 atom stereocenters. The largest absolute Gasteiger partial charge is 0.481 e. The lowest BCUT2D eigenvalue weighted by Crippen LogP contribution is -2.64.